The summed E-state index contributed by atoms with van der Waals surface area (Å²) in [5.74, 6) is -0.551. The van der Waals surface area contributed by atoms with Gasteiger partial charge in [-0.1, -0.05) is 0 Å². The van der Waals surface area contributed by atoms with Crippen molar-refractivity contribution in [1.82, 2.24) is 5.32 Å². The van der Waals surface area contributed by atoms with Gasteiger partial charge in [0, 0.05) is 34.3 Å². The van der Waals surface area contributed by atoms with Crippen molar-refractivity contribution in [2.75, 3.05) is 5.32 Å². The summed E-state index contributed by atoms with van der Waals surface area (Å²) in [6.45, 7) is 0. The molecule has 0 fully saturated rings. The molecule has 0 aliphatic rings. The van der Waals surface area contributed by atoms with Crippen molar-refractivity contribution in [2.24, 2.45) is 0 Å². The molecular formula is C14H9BrN4O5S. The Hall–Kier alpha value is -2.92. The fraction of sp³-hybridized carbons (Fsp3) is 0. The molecule has 2 aromatic rings. The molecule has 0 spiro atoms. The Balaban J connectivity index is 2.03. The predicted octanol–water partition coefficient (Wildman–Crippen LogP) is 3.39. The van der Waals surface area contributed by atoms with Crippen molar-refractivity contribution < 1.29 is 14.6 Å². The highest BCUT2D eigenvalue weighted by atomic mass is 79.9. The second-order valence-electron chi connectivity index (χ2n) is 4.63. The van der Waals surface area contributed by atoms with Crippen LogP contribution < -0.4 is 10.6 Å². The average Bonchev–Trinajstić information content (AvgIpc) is 2.56. The summed E-state index contributed by atoms with van der Waals surface area (Å²) in [4.78, 5) is 32.2. The van der Waals surface area contributed by atoms with Gasteiger partial charge in [-0.15, -0.1) is 0 Å². The van der Waals surface area contributed by atoms with Gasteiger partial charge < -0.3 is 5.32 Å². The van der Waals surface area contributed by atoms with E-state index in [0.29, 0.717) is 10.2 Å². The van der Waals surface area contributed by atoms with Crippen LogP contribution in [-0.4, -0.2) is 20.9 Å². The van der Waals surface area contributed by atoms with Gasteiger partial charge in [0.2, 0.25) is 0 Å². The number of hydrogen-bond donors (Lipinski definition) is 2. The maximum Gasteiger partial charge on any atom is 0.270 e. The summed E-state index contributed by atoms with van der Waals surface area (Å²) in [5, 5.41) is 26.4. The summed E-state index contributed by atoms with van der Waals surface area (Å²) < 4.78 is 0.397. The number of nitro groups is 2. The summed E-state index contributed by atoms with van der Waals surface area (Å²) in [6, 6.07) is 9.04. The Morgan fingerprint density at radius 3 is 2.08 bits per heavy atom. The van der Waals surface area contributed by atoms with E-state index in [0.717, 1.165) is 0 Å². The number of carbonyl (C=O) groups excluding carboxylic acids is 1. The largest absolute Gasteiger partial charge is 0.331 e. The van der Waals surface area contributed by atoms with Crippen LogP contribution in [-0.2, 0) is 0 Å². The zero-order valence-electron chi connectivity index (χ0n) is 12.3. The highest BCUT2D eigenvalue weighted by Crippen LogP contribution is 2.27. The molecule has 128 valence electrons. The van der Waals surface area contributed by atoms with Crippen LogP contribution in [0.4, 0.5) is 17.1 Å². The number of nitrogens with one attached hydrogen (secondary N) is 2. The van der Waals surface area contributed by atoms with E-state index in [9.17, 15) is 25.0 Å². The number of halogens is 1. The van der Waals surface area contributed by atoms with E-state index in [2.05, 4.69) is 26.6 Å². The van der Waals surface area contributed by atoms with Crippen LogP contribution in [0, 0.1) is 20.2 Å². The Kier molecular flexibility index (Phi) is 5.72. The monoisotopic (exact) mass is 424 g/mol. The van der Waals surface area contributed by atoms with Gasteiger partial charge in [-0.2, -0.15) is 0 Å². The number of benzene rings is 2. The quantitative estimate of drug-likeness (QED) is 0.437. The lowest BCUT2D eigenvalue weighted by Gasteiger charge is -2.11. The van der Waals surface area contributed by atoms with Crippen LogP contribution in [0.1, 0.15) is 10.4 Å². The minimum atomic E-state index is -0.569. The molecule has 0 heterocycles. The van der Waals surface area contributed by atoms with Gasteiger partial charge in [0.25, 0.3) is 17.3 Å². The van der Waals surface area contributed by atoms with Crippen molar-refractivity contribution in [3.8, 4) is 0 Å². The maximum atomic E-state index is 12.0. The van der Waals surface area contributed by atoms with E-state index < -0.39 is 15.8 Å². The Bertz CT molecular complexity index is 872. The van der Waals surface area contributed by atoms with Gasteiger partial charge in [-0.3, -0.25) is 30.3 Å². The third-order valence-corrected chi connectivity index (χ3v) is 3.84. The smallest absolute Gasteiger partial charge is 0.270 e. The SMILES string of the molecule is O=C(NC(=S)Nc1ccc([N+](=O)[O-])cc1Br)c1ccc([N+](=O)[O-])cc1. The molecule has 0 aromatic heterocycles. The summed E-state index contributed by atoms with van der Waals surface area (Å²) in [6.07, 6.45) is 0. The molecule has 0 unspecified atom stereocenters. The highest BCUT2D eigenvalue weighted by molar-refractivity contribution is 9.10. The van der Waals surface area contributed by atoms with Crippen LogP contribution in [0.5, 0.6) is 0 Å². The first-order valence-corrected chi connectivity index (χ1v) is 7.79. The summed E-state index contributed by atoms with van der Waals surface area (Å²) in [5.41, 5.74) is 0.391. The maximum absolute atomic E-state index is 12.0. The van der Waals surface area contributed by atoms with E-state index in [1.165, 1.54) is 42.5 Å². The molecule has 0 saturated heterocycles. The van der Waals surface area contributed by atoms with Gasteiger partial charge in [-0.25, -0.2) is 0 Å². The summed E-state index contributed by atoms with van der Waals surface area (Å²) in [7, 11) is 0. The van der Waals surface area contributed by atoms with Gasteiger partial charge in [0.15, 0.2) is 5.11 Å². The number of non-ortho nitro benzene ring substituents is 2. The second kappa shape index (κ2) is 7.77. The molecule has 0 saturated carbocycles. The van der Waals surface area contributed by atoms with Crippen molar-refractivity contribution in [2.45, 2.75) is 0 Å². The molecule has 0 aliphatic heterocycles. The first-order chi connectivity index (χ1) is 11.8. The molecule has 9 nitrogen and oxygen atoms in total. The Morgan fingerprint density at radius 1 is 1.00 bits per heavy atom. The van der Waals surface area contributed by atoms with E-state index in [4.69, 9.17) is 12.2 Å². The number of nitrogens with zero attached hydrogens (tertiary/aromatic N) is 2. The normalized spacial score (nSPS) is 9.96. The van der Waals surface area contributed by atoms with E-state index in [1.807, 2.05) is 0 Å². The fourth-order valence-electron chi connectivity index (χ4n) is 1.78. The lowest BCUT2D eigenvalue weighted by atomic mass is 10.2. The average molecular weight is 425 g/mol. The lowest BCUT2D eigenvalue weighted by Crippen LogP contribution is -2.34. The standard InChI is InChI=1S/C14H9BrN4O5S/c15-11-7-10(19(23)24)5-6-12(11)16-14(25)17-13(20)8-1-3-9(4-2-8)18(21)22/h1-7H,(H2,16,17,20,25). The van der Waals surface area contributed by atoms with Crippen LogP contribution in [0.25, 0.3) is 0 Å². The zero-order valence-corrected chi connectivity index (χ0v) is 14.7. The highest BCUT2D eigenvalue weighted by Gasteiger charge is 2.13. The predicted molar refractivity (Wildman–Crippen MR) is 97.6 cm³/mol. The van der Waals surface area contributed by atoms with E-state index in [-0.39, 0.29) is 22.1 Å². The second-order valence-corrected chi connectivity index (χ2v) is 5.90. The van der Waals surface area contributed by atoms with Crippen molar-refractivity contribution in [3.63, 3.8) is 0 Å². The van der Waals surface area contributed by atoms with Gasteiger partial charge >= 0.3 is 0 Å². The molecule has 2 aromatic carbocycles. The third-order valence-electron chi connectivity index (χ3n) is 2.98. The van der Waals surface area contributed by atoms with Crippen molar-refractivity contribution in [1.29, 1.82) is 0 Å². The number of nitro benzene ring substituents is 2. The lowest BCUT2D eigenvalue weighted by molar-refractivity contribution is -0.385. The van der Waals surface area contributed by atoms with Crippen molar-refractivity contribution >= 4 is 56.2 Å². The molecule has 11 heteroatoms. The molecule has 25 heavy (non-hydrogen) atoms. The number of anilines is 1. The fourth-order valence-corrected chi connectivity index (χ4v) is 2.45. The molecule has 0 bridgehead atoms. The minimum Gasteiger partial charge on any atom is -0.331 e. The number of hydrogen-bond acceptors (Lipinski definition) is 6. The molecular weight excluding hydrogens is 416 g/mol. The third kappa shape index (κ3) is 4.78. The Morgan fingerprint density at radius 2 is 1.56 bits per heavy atom. The molecule has 2 N–H and O–H groups in total. The van der Waals surface area contributed by atoms with Crippen LogP contribution in [0.2, 0.25) is 0 Å². The molecule has 0 atom stereocenters. The van der Waals surface area contributed by atoms with Crippen molar-refractivity contribution in [3.05, 3.63) is 72.7 Å². The van der Waals surface area contributed by atoms with E-state index in [1.54, 1.807) is 0 Å². The number of amides is 1. The van der Waals surface area contributed by atoms with Gasteiger partial charge in [0.1, 0.15) is 0 Å². The Labute approximate surface area is 154 Å². The topological polar surface area (TPSA) is 127 Å². The van der Waals surface area contributed by atoms with Gasteiger partial charge in [-0.05, 0) is 46.3 Å². The van der Waals surface area contributed by atoms with Crippen LogP contribution >= 0.6 is 28.1 Å². The number of carbonyl (C=O) groups is 1. The van der Waals surface area contributed by atoms with Crippen LogP contribution in [0.3, 0.4) is 0 Å². The molecule has 0 aliphatic carbocycles. The first kappa shape index (κ1) is 18.4. The minimum absolute atomic E-state index is 0.0297. The van der Waals surface area contributed by atoms with Gasteiger partial charge in [0.05, 0.1) is 15.5 Å². The molecule has 1 amide bonds. The first-order valence-electron chi connectivity index (χ1n) is 6.58. The molecule has 2 rings (SSSR count). The van der Waals surface area contributed by atoms with Crippen LogP contribution in [0.15, 0.2) is 46.9 Å². The van der Waals surface area contributed by atoms with E-state index >= 15 is 0 Å². The summed E-state index contributed by atoms with van der Waals surface area (Å²) >= 11 is 8.19. The zero-order chi connectivity index (χ0) is 18.6. The number of thiocarbonyl (C=S) groups is 1. The number of rotatable bonds is 4. The molecule has 0 radical (unpaired) electrons.